The summed E-state index contributed by atoms with van der Waals surface area (Å²) < 4.78 is 29.9. The predicted octanol–water partition coefficient (Wildman–Crippen LogP) is 0.499. The van der Waals surface area contributed by atoms with Crippen LogP contribution < -0.4 is 5.32 Å². The molecule has 7 heteroatoms. The first-order valence-corrected chi connectivity index (χ1v) is 7.22. The van der Waals surface area contributed by atoms with Crippen molar-refractivity contribution in [2.24, 2.45) is 0 Å². The molecule has 0 saturated carbocycles. The van der Waals surface area contributed by atoms with E-state index in [1.54, 1.807) is 25.1 Å². The minimum atomic E-state index is -4.03. The minimum absolute atomic E-state index is 0.0278. The molecule has 1 atom stereocenters. The van der Waals surface area contributed by atoms with Crippen molar-refractivity contribution in [2.45, 2.75) is 30.7 Å². The van der Waals surface area contributed by atoms with Crippen LogP contribution in [-0.4, -0.2) is 36.6 Å². The lowest BCUT2D eigenvalue weighted by molar-refractivity contribution is -0.119. The van der Waals surface area contributed by atoms with E-state index in [0.29, 0.717) is 12.0 Å². The molecule has 1 aromatic carbocycles. The van der Waals surface area contributed by atoms with E-state index >= 15 is 0 Å². The Labute approximate surface area is 112 Å². The van der Waals surface area contributed by atoms with Crippen molar-refractivity contribution < 1.29 is 22.9 Å². The Hall–Kier alpha value is -1.44. The van der Waals surface area contributed by atoms with Crippen molar-refractivity contribution in [3.63, 3.8) is 0 Å². The fraction of sp³-hybridized carbons (Fsp3) is 0.417. The molecule has 106 valence electrons. The Morgan fingerprint density at radius 2 is 2.00 bits per heavy atom. The van der Waals surface area contributed by atoms with Gasteiger partial charge in [0.25, 0.3) is 10.1 Å². The zero-order chi connectivity index (χ0) is 14.5. The van der Waals surface area contributed by atoms with Crippen molar-refractivity contribution in [2.75, 3.05) is 6.61 Å². The summed E-state index contributed by atoms with van der Waals surface area (Å²) in [5, 5.41) is 11.1. The van der Waals surface area contributed by atoms with Gasteiger partial charge in [-0.2, -0.15) is 8.42 Å². The van der Waals surface area contributed by atoms with Gasteiger partial charge in [-0.05, 0) is 25.0 Å². The van der Waals surface area contributed by atoms with Crippen LogP contribution in [0.1, 0.15) is 18.4 Å². The van der Waals surface area contributed by atoms with Gasteiger partial charge in [-0.3, -0.25) is 9.35 Å². The Kier molecular flexibility index (Phi) is 5.46. The number of rotatable bonds is 2. The summed E-state index contributed by atoms with van der Waals surface area (Å²) in [6.45, 7) is 1.70. The van der Waals surface area contributed by atoms with Crippen LogP contribution in [0.2, 0.25) is 0 Å². The van der Waals surface area contributed by atoms with Crippen LogP contribution in [-0.2, 0) is 14.9 Å². The van der Waals surface area contributed by atoms with Gasteiger partial charge in [-0.1, -0.05) is 18.2 Å². The fourth-order valence-corrected chi connectivity index (χ4v) is 2.39. The fourth-order valence-electron chi connectivity index (χ4n) is 1.66. The van der Waals surface area contributed by atoms with E-state index in [2.05, 4.69) is 5.32 Å². The lowest BCUT2D eigenvalue weighted by Crippen LogP contribution is -2.28. The molecular formula is C12H17NO5S. The standard InChI is InChI=1S/C7H8O3S.C5H9NO2/c1-6-4-2-3-5-7(6)11(8,9)10;7-3-4-1-2-5(8)6-4/h2-5H,1H3,(H,8,9,10);4,7H,1-3H2,(H,6,8)/t;4-/m.0/s1. The summed E-state index contributed by atoms with van der Waals surface area (Å²) in [5.74, 6) is 0.0593. The van der Waals surface area contributed by atoms with Gasteiger partial charge in [0.2, 0.25) is 5.91 Å². The molecular weight excluding hydrogens is 270 g/mol. The average Bonchev–Trinajstić information content (AvgIpc) is 2.75. The molecule has 0 aliphatic carbocycles. The van der Waals surface area contributed by atoms with Crippen LogP contribution in [0.3, 0.4) is 0 Å². The molecule has 1 aliphatic heterocycles. The number of aryl methyl sites for hydroxylation is 1. The number of aliphatic hydroxyl groups is 1. The van der Waals surface area contributed by atoms with E-state index in [0.717, 1.165) is 6.42 Å². The maximum Gasteiger partial charge on any atom is 0.294 e. The quantitative estimate of drug-likeness (QED) is 0.687. The van der Waals surface area contributed by atoms with Crippen LogP contribution in [0.15, 0.2) is 29.2 Å². The lowest BCUT2D eigenvalue weighted by Gasteiger charge is -2.01. The molecule has 0 spiro atoms. The van der Waals surface area contributed by atoms with Gasteiger partial charge in [0, 0.05) is 6.42 Å². The predicted molar refractivity (Wildman–Crippen MR) is 69.2 cm³/mol. The number of nitrogens with one attached hydrogen (secondary N) is 1. The molecule has 1 amide bonds. The van der Waals surface area contributed by atoms with Gasteiger partial charge >= 0.3 is 0 Å². The summed E-state index contributed by atoms with van der Waals surface area (Å²) in [5.41, 5.74) is 0.551. The molecule has 19 heavy (non-hydrogen) atoms. The molecule has 0 bridgehead atoms. The maximum atomic E-state index is 10.6. The average molecular weight is 287 g/mol. The topological polar surface area (TPSA) is 104 Å². The third-order valence-electron chi connectivity index (χ3n) is 2.68. The molecule has 1 heterocycles. The van der Waals surface area contributed by atoms with Crippen molar-refractivity contribution in [3.05, 3.63) is 29.8 Å². The highest BCUT2D eigenvalue weighted by molar-refractivity contribution is 7.85. The lowest BCUT2D eigenvalue weighted by atomic mass is 10.2. The van der Waals surface area contributed by atoms with Gasteiger partial charge in [-0.25, -0.2) is 0 Å². The molecule has 3 N–H and O–H groups in total. The number of hydrogen-bond acceptors (Lipinski definition) is 4. The van der Waals surface area contributed by atoms with Gasteiger partial charge < -0.3 is 10.4 Å². The number of amides is 1. The third kappa shape index (κ3) is 4.98. The summed E-state index contributed by atoms with van der Waals surface area (Å²) >= 11 is 0. The highest BCUT2D eigenvalue weighted by Gasteiger charge is 2.18. The van der Waals surface area contributed by atoms with E-state index in [4.69, 9.17) is 9.66 Å². The van der Waals surface area contributed by atoms with E-state index < -0.39 is 10.1 Å². The molecule has 6 nitrogen and oxygen atoms in total. The molecule has 1 aromatic rings. The zero-order valence-electron chi connectivity index (χ0n) is 10.5. The zero-order valence-corrected chi connectivity index (χ0v) is 11.4. The highest BCUT2D eigenvalue weighted by Crippen LogP contribution is 2.12. The van der Waals surface area contributed by atoms with Gasteiger partial charge in [0.1, 0.15) is 0 Å². The van der Waals surface area contributed by atoms with E-state index in [1.165, 1.54) is 6.07 Å². The largest absolute Gasteiger partial charge is 0.394 e. The summed E-state index contributed by atoms with van der Waals surface area (Å²) in [6.07, 6.45) is 1.36. The highest BCUT2D eigenvalue weighted by atomic mass is 32.2. The first-order chi connectivity index (χ1) is 8.84. The number of carbonyl (C=O) groups excluding carboxylic acids is 1. The van der Waals surface area contributed by atoms with Crippen LogP contribution in [0.5, 0.6) is 0 Å². The Morgan fingerprint density at radius 1 is 1.37 bits per heavy atom. The smallest absolute Gasteiger partial charge is 0.294 e. The van der Waals surface area contributed by atoms with Crippen LogP contribution >= 0.6 is 0 Å². The Bertz CT molecular complexity index is 541. The molecule has 1 aliphatic rings. The second-order valence-corrected chi connectivity index (χ2v) is 5.62. The maximum absolute atomic E-state index is 10.6. The monoisotopic (exact) mass is 287 g/mol. The SMILES string of the molecule is Cc1ccccc1S(=O)(=O)O.O=C1CC[C@@H](CO)N1. The molecule has 1 fully saturated rings. The van der Waals surface area contributed by atoms with E-state index in [1.807, 2.05) is 0 Å². The van der Waals surface area contributed by atoms with Crippen LogP contribution in [0.25, 0.3) is 0 Å². The van der Waals surface area contributed by atoms with Crippen LogP contribution in [0, 0.1) is 6.92 Å². The first kappa shape index (κ1) is 15.6. The molecule has 0 aromatic heterocycles. The van der Waals surface area contributed by atoms with Crippen LogP contribution in [0.4, 0.5) is 0 Å². The molecule has 2 rings (SSSR count). The first-order valence-electron chi connectivity index (χ1n) is 5.78. The second-order valence-electron chi connectivity index (χ2n) is 4.23. The minimum Gasteiger partial charge on any atom is -0.394 e. The molecule has 1 saturated heterocycles. The van der Waals surface area contributed by atoms with Crippen molar-refractivity contribution >= 4 is 16.0 Å². The van der Waals surface area contributed by atoms with E-state index in [9.17, 15) is 13.2 Å². The second kappa shape index (κ2) is 6.65. The van der Waals surface area contributed by atoms with E-state index in [-0.39, 0.29) is 23.5 Å². The van der Waals surface area contributed by atoms with Gasteiger partial charge in [0.15, 0.2) is 0 Å². The number of benzene rings is 1. The Balaban J connectivity index is 0.000000200. The van der Waals surface area contributed by atoms with Gasteiger partial charge in [-0.15, -0.1) is 0 Å². The summed E-state index contributed by atoms with van der Waals surface area (Å²) in [6, 6.07) is 6.30. The summed E-state index contributed by atoms with van der Waals surface area (Å²) in [4.78, 5) is 10.4. The number of carbonyl (C=O) groups is 1. The van der Waals surface area contributed by atoms with Gasteiger partial charge in [0.05, 0.1) is 17.5 Å². The number of hydrogen-bond donors (Lipinski definition) is 3. The normalized spacial score (nSPS) is 18.5. The number of aliphatic hydroxyl groups excluding tert-OH is 1. The van der Waals surface area contributed by atoms with Crippen molar-refractivity contribution in [3.8, 4) is 0 Å². The third-order valence-corrected chi connectivity index (χ3v) is 3.69. The van der Waals surface area contributed by atoms with Crippen molar-refractivity contribution in [1.29, 1.82) is 0 Å². The molecule has 0 radical (unpaired) electrons. The Morgan fingerprint density at radius 3 is 2.32 bits per heavy atom. The molecule has 0 unspecified atom stereocenters. The van der Waals surface area contributed by atoms with Crippen molar-refractivity contribution in [1.82, 2.24) is 5.32 Å². The summed E-state index contributed by atoms with van der Waals surface area (Å²) in [7, 11) is -4.03.